The summed E-state index contributed by atoms with van der Waals surface area (Å²) in [6.07, 6.45) is 12.9. The first kappa shape index (κ1) is 13.4. The van der Waals surface area contributed by atoms with E-state index in [2.05, 4.69) is 13.8 Å². The first-order chi connectivity index (χ1) is 8.23. The minimum absolute atomic E-state index is 0.477. The van der Waals surface area contributed by atoms with Crippen molar-refractivity contribution < 1.29 is 0 Å². The van der Waals surface area contributed by atoms with Crippen LogP contribution in [0.2, 0.25) is 0 Å². The monoisotopic (exact) mass is 237 g/mol. The molecule has 2 bridgehead atoms. The average molecular weight is 237 g/mol. The molecule has 0 aromatic rings. The van der Waals surface area contributed by atoms with Crippen LogP contribution in [0.1, 0.15) is 71.6 Å². The summed E-state index contributed by atoms with van der Waals surface area (Å²) in [5, 5.41) is 0. The Labute approximate surface area is 108 Å². The lowest BCUT2D eigenvalue weighted by atomic mass is 9.70. The van der Waals surface area contributed by atoms with Crippen molar-refractivity contribution in [2.75, 3.05) is 6.54 Å². The first-order valence-corrected chi connectivity index (χ1v) is 7.93. The zero-order valence-electron chi connectivity index (χ0n) is 11.9. The van der Waals surface area contributed by atoms with Crippen LogP contribution in [0.25, 0.3) is 0 Å². The van der Waals surface area contributed by atoms with Gasteiger partial charge in [-0.05, 0) is 68.2 Å². The maximum Gasteiger partial charge on any atom is -0.00205 e. The van der Waals surface area contributed by atoms with E-state index >= 15 is 0 Å². The fourth-order valence-electron chi connectivity index (χ4n) is 4.49. The molecule has 2 aliphatic carbocycles. The predicted molar refractivity (Wildman–Crippen MR) is 74.9 cm³/mol. The van der Waals surface area contributed by atoms with Gasteiger partial charge in [-0.3, -0.25) is 0 Å². The van der Waals surface area contributed by atoms with E-state index in [-0.39, 0.29) is 0 Å². The highest BCUT2D eigenvalue weighted by molar-refractivity contribution is 4.94. The van der Waals surface area contributed by atoms with E-state index in [1.165, 1.54) is 51.4 Å². The minimum atomic E-state index is 0.477. The molecule has 0 amide bonds. The molecule has 100 valence electrons. The molecule has 2 rings (SSSR count). The molecule has 17 heavy (non-hydrogen) atoms. The molecule has 2 N–H and O–H groups in total. The van der Waals surface area contributed by atoms with Crippen LogP contribution in [0.15, 0.2) is 0 Å². The van der Waals surface area contributed by atoms with E-state index < -0.39 is 0 Å². The molecule has 2 aliphatic rings. The van der Waals surface area contributed by atoms with Gasteiger partial charge in [0.25, 0.3) is 0 Å². The van der Waals surface area contributed by atoms with Gasteiger partial charge >= 0.3 is 0 Å². The molecule has 2 saturated carbocycles. The van der Waals surface area contributed by atoms with E-state index in [0.717, 1.165) is 24.3 Å². The number of fused-ring (bicyclic) bond motifs is 2. The van der Waals surface area contributed by atoms with Gasteiger partial charge in [0.2, 0.25) is 0 Å². The third kappa shape index (κ3) is 2.86. The average Bonchev–Trinajstić information content (AvgIpc) is 2.96. The second-order valence-electron chi connectivity index (χ2n) is 6.80. The Balaban J connectivity index is 1.92. The zero-order valence-corrected chi connectivity index (χ0v) is 11.9. The van der Waals surface area contributed by atoms with E-state index in [4.69, 9.17) is 5.73 Å². The molecule has 4 unspecified atom stereocenters. The van der Waals surface area contributed by atoms with Crippen molar-refractivity contribution in [2.24, 2.45) is 28.9 Å². The molecule has 0 aliphatic heterocycles. The number of hydrogen-bond donors (Lipinski definition) is 1. The van der Waals surface area contributed by atoms with Crippen LogP contribution < -0.4 is 5.73 Å². The molecular weight excluding hydrogens is 206 g/mol. The van der Waals surface area contributed by atoms with Crippen LogP contribution in [-0.4, -0.2) is 6.54 Å². The summed E-state index contributed by atoms with van der Waals surface area (Å²) in [6, 6.07) is 0. The Hall–Kier alpha value is -0.0400. The van der Waals surface area contributed by atoms with Crippen molar-refractivity contribution >= 4 is 0 Å². The third-order valence-electron chi connectivity index (χ3n) is 5.82. The van der Waals surface area contributed by atoms with Crippen molar-refractivity contribution in [2.45, 2.75) is 71.6 Å². The lowest BCUT2D eigenvalue weighted by Crippen LogP contribution is -2.33. The number of unbranched alkanes of at least 4 members (excludes halogenated alkanes) is 1. The highest BCUT2D eigenvalue weighted by atomic mass is 14.6. The molecule has 2 fully saturated rings. The van der Waals surface area contributed by atoms with Gasteiger partial charge in [-0.2, -0.15) is 0 Å². The normalized spacial score (nSPS) is 35.1. The summed E-state index contributed by atoms with van der Waals surface area (Å²) >= 11 is 0. The SMILES string of the molecule is CCCCC(CC)(CN)CC1CC2CCC1C2. The van der Waals surface area contributed by atoms with Crippen molar-refractivity contribution in [3.8, 4) is 0 Å². The summed E-state index contributed by atoms with van der Waals surface area (Å²) in [6.45, 7) is 5.57. The summed E-state index contributed by atoms with van der Waals surface area (Å²) in [5.74, 6) is 3.18. The Bertz CT molecular complexity index is 232. The molecule has 1 heteroatoms. The van der Waals surface area contributed by atoms with E-state index in [1.807, 2.05) is 0 Å². The van der Waals surface area contributed by atoms with Crippen molar-refractivity contribution in [1.82, 2.24) is 0 Å². The molecular formula is C16H31N. The molecule has 0 spiro atoms. The second-order valence-corrected chi connectivity index (χ2v) is 6.80. The van der Waals surface area contributed by atoms with Crippen LogP contribution >= 0.6 is 0 Å². The number of rotatable bonds is 7. The van der Waals surface area contributed by atoms with Gasteiger partial charge in [0, 0.05) is 0 Å². The van der Waals surface area contributed by atoms with E-state index in [1.54, 1.807) is 6.42 Å². The summed E-state index contributed by atoms with van der Waals surface area (Å²) in [4.78, 5) is 0. The Morgan fingerprint density at radius 3 is 2.47 bits per heavy atom. The minimum Gasteiger partial charge on any atom is -0.330 e. The summed E-state index contributed by atoms with van der Waals surface area (Å²) in [5.41, 5.74) is 6.61. The predicted octanol–water partition coefficient (Wildman–Crippen LogP) is 4.36. The lowest BCUT2D eigenvalue weighted by Gasteiger charge is -2.37. The smallest absolute Gasteiger partial charge is 0.00205 e. The van der Waals surface area contributed by atoms with Crippen LogP contribution in [0.3, 0.4) is 0 Å². The lowest BCUT2D eigenvalue weighted by molar-refractivity contribution is 0.156. The van der Waals surface area contributed by atoms with Gasteiger partial charge < -0.3 is 5.73 Å². The van der Waals surface area contributed by atoms with Gasteiger partial charge in [0.1, 0.15) is 0 Å². The van der Waals surface area contributed by atoms with Crippen LogP contribution in [0, 0.1) is 23.2 Å². The largest absolute Gasteiger partial charge is 0.330 e. The quantitative estimate of drug-likeness (QED) is 0.699. The molecule has 0 aromatic heterocycles. The molecule has 4 atom stereocenters. The van der Waals surface area contributed by atoms with Crippen LogP contribution in [0.4, 0.5) is 0 Å². The molecule has 0 aromatic carbocycles. The van der Waals surface area contributed by atoms with E-state index in [9.17, 15) is 0 Å². The highest BCUT2D eigenvalue weighted by Crippen LogP contribution is 2.52. The van der Waals surface area contributed by atoms with Gasteiger partial charge in [-0.1, -0.05) is 33.1 Å². The first-order valence-electron chi connectivity index (χ1n) is 7.93. The van der Waals surface area contributed by atoms with Gasteiger partial charge in [-0.25, -0.2) is 0 Å². The van der Waals surface area contributed by atoms with Gasteiger partial charge in [-0.15, -0.1) is 0 Å². The maximum atomic E-state index is 6.14. The van der Waals surface area contributed by atoms with E-state index in [0.29, 0.717) is 5.41 Å². The molecule has 0 radical (unpaired) electrons. The Morgan fingerprint density at radius 2 is 2.00 bits per heavy atom. The van der Waals surface area contributed by atoms with Gasteiger partial charge in [0.15, 0.2) is 0 Å². The summed E-state index contributed by atoms with van der Waals surface area (Å²) in [7, 11) is 0. The Morgan fingerprint density at radius 1 is 1.18 bits per heavy atom. The third-order valence-corrected chi connectivity index (χ3v) is 5.82. The highest BCUT2D eigenvalue weighted by Gasteiger charge is 2.42. The second kappa shape index (κ2) is 5.73. The van der Waals surface area contributed by atoms with Crippen molar-refractivity contribution in [1.29, 1.82) is 0 Å². The standard InChI is InChI=1S/C16H31N/c1-3-5-8-16(4-2,12-17)11-15-10-13-6-7-14(15)9-13/h13-15H,3-12,17H2,1-2H3. The summed E-state index contributed by atoms with van der Waals surface area (Å²) < 4.78 is 0. The van der Waals surface area contributed by atoms with Gasteiger partial charge in [0.05, 0.1) is 0 Å². The number of hydrogen-bond acceptors (Lipinski definition) is 1. The zero-order chi connectivity index (χ0) is 12.3. The fourth-order valence-corrected chi connectivity index (χ4v) is 4.49. The topological polar surface area (TPSA) is 26.0 Å². The molecule has 0 saturated heterocycles. The maximum absolute atomic E-state index is 6.14. The van der Waals surface area contributed by atoms with Crippen LogP contribution in [0.5, 0.6) is 0 Å². The number of nitrogens with two attached hydrogens (primary N) is 1. The molecule has 1 nitrogen and oxygen atoms in total. The van der Waals surface area contributed by atoms with Crippen molar-refractivity contribution in [3.63, 3.8) is 0 Å². The fraction of sp³-hybridized carbons (Fsp3) is 1.00. The van der Waals surface area contributed by atoms with Crippen molar-refractivity contribution in [3.05, 3.63) is 0 Å². The molecule has 0 heterocycles. The Kier molecular flexibility index (Phi) is 4.52. The van der Waals surface area contributed by atoms with Crippen LogP contribution in [-0.2, 0) is 0 Å².